The highest BCUT2D eigenvalue weighted by Crippen LogP contribution is 2.16. The van der Waals surface area contributed by atoms with Gasteiger partial charge in [-0.05, 0) is 62.2 Å². The molecule has 1 aromatic carbocycles. The van der Waals surface area contributed by atoms with Crippen molar-refractivity contribution in [3.05, 3.63) is 29.3 Å². The van der Waals surface area contributed by atoms with Crippen LogP contribution in [-0.2, 0) is 0 Å². The van der Waals surface area contributed by atoms with Crippen molar-refractivity contribution in [1.29, 1.82) is 0 Å². The van der Waals surface area contributed by atoms with Crippen molar-refractivity contribution in [2.45, 2.75) is 32.8 Å². The summed E-state index contributed by atoms with van der Waals surface area (Å²) in [5.41, 5.74) is 3.55. The number of anilines is 1. The molecule has 3 nitrogen and oxygen atoms in total. The Kier molecular flexibility index (Phi) is 4.19. The van der Waals surface area contributed by atoms with Crippen LogP contribution >= 0.6 is 12.2 Å². The minimum absolute atomic E-state index is 0.252. The number of hydrogen-bond donors (Lipinski definition) is 2. The van der Waals surface area contributed by atoms with Crippen molar-refractivity contribution in [3.8, 4) is 0 Å². The largest absolute Gasteiger partial charge is 0.391 e. The second kappa shape index (κ2) is 5.67. The van der Waals surface area contributed by atoms with Gasteiger partial charge in [0.05, 0.1) is 6.10 Å². The maximum atomic E-state index is 9.65. The summed E-state index contributed by atoms with van der Waals surface area (Å²) in [6.07, 6.45) is 1.62. The minimum atomic E-state index is -0.252. The molecule has 2 rings (SSSR count). The van der Waals surface area contributed by atoms with Gasteiger partial charge < -0.3 is 15.3 Å². The number of thiocarbonyl (C=S) groups is 1. The second-order valence-corrected chi connectivity index (χ2v) is 5.36. The number of piperidine rings is 1. The van der Waals surface area contributed by atoms with E-state index in [1.165, 1.54) is 11.1 Å². The van der Waals surface area contributed by atoms with E-state index < -0.39 is 0 Å². The van der Waals surface area contributed by atoms with Crippen LogP contribution in [0.3, 0.4) is 0 Å². The third kappa shape index (κ3) is 3.21. The molecule has 4 heteroatoms. The molecule has 98 valence electrons. The van der Waals surface area contributed by atoms with Crippen LogP contribution in [0.25, 0.3) is 0 Å². The first-order valence-electron chi connectivity index (χ1n) is 6.37. The van der Waals surface area contributed by atoms with Crippen molar-refractivity contribution >= 4 is 23.0 Å². The Labute approximate surface area is 114 Å². The van der Waals surface area contributed by atoms with E-state index in [0.717, 1.165) is 25.1 Å². The number of nitrogens with zero attached hydrogens (tertiary/aromatic N) is 1. The summed E-state index contributed by atoms with van der Waals surface area (Å²) < 4.78 is 0. The van der Waals surface area contributed by atoms with Gasteiger partial charge in [0.2, 0.25) is 0 Å². The standard InChI is InChI=1S/C14H20N2OS/c1-10-5-6-12(8-11(10)2)15-14(18)16-7-3-4-13(17)9-16/h5-6,8,13,17H,3-4,7,9H2,1-2H3,(H,15,18). The van der Waals surface area contributed by atoms with Crippen LogP contribution in [0.2, 0.25) is 0 Å². The number of nitrogens with one attached hydrogen (secondary N) is 1. The van der Waals surface area contributed by atoms with Crippen LogP contribution in [-0.4, -0.2) is 34.3 Å². The maximum Gasteiger partial charge on any atom is 0.173 e. The first kappa shape index (κ1) is 13.3. The number of benzene rings is 1. The Hall–Kier alpha value is -1.13. The normalized spacial score (nSPS) is 19.7. The van der Waals surface area contributed by atoms with E-state index in [-0.39, 0.29) is 6.10 Å². The molecule has 2 N–H and O–H groups in total. The van der Waals surface area contributed by atoms with Gasteiger partial charge in [-0.3, -0.25) is 0 Å². The Morgan fingerprint density at radius 1 is 1.39 bits per heavy atom. The molecule has 1 aliphatic heterocycles. The van der Waals surface area contributed by atoms with Crippen LogP contribution in [0.1, 0.15) is 24.0 Å². The Morgan fingerprint density at radius 3 is 2.83 bits per heavy atom. The number of likely N-dealkylation sites (tertiary alicyclic amines) is 1. The summed E-state index contributed by atoms with van der Waals surface area (Å²) in [4.78, 5) is 2.04. The van der Waals surface area contributed by atoms with Gasteiger partial charge in [0.15, 0.2) is 5.11 Å². The Morgan fingerprint density at radius 2 is 2.17 bits per heavy atom. The van der Waals surface area contributed by atoms with E-state index in [4.69, 9.17) is 12.2 Å². The molecule has 1 aromatic rings. The molecule has 0 aliphatic carbocycles. The van der Waals surface area contributed by atoms with Crippen molar-refractivity contribution in [2.75, 3.05) is 18.4 Å². The van der Waals surface area contributed by atoms with Gasteiger partial charge in [0, 0.05) is 18.8 Å². The van der Waals surface area contributed by atoms with Crippen LogP contribution in [0.4, 0.5) is 5.69 Å². The van der Waals surface area contributed by atoms with Crippen molar-refractivity contribution in [1.82, 2.24) is 4.90 Å². The van der Waals surface area contributed by atoms with E-state index in [9.17, 15) is 5.11 Å². The highest BCUT2D eigenvalue weighted by atomic mass is 32.1. The molecule has 0 spiro atoms. The van der Waals surface area contributed by atoms with Crippen LogP contribution < -0.4 is 5.32 Å². The van der Waals surface area contributed by atoms with Crippen LogP contribution in [0.5, 0.6) is 0 Å². The lowest BCUT2D eigenvalue weighted by atomic mass is 10.1. The molecular weight excluding hydrogens is 244 g/mol. The zero-order valence-corrected chi connectivity index (χ0v) is 11.8. The van der Waals surface area contributed by atoms with Gasteiger partial charge in [-0.1, -0.05) is 6.07 Å². The minimum Gasteiger partial charge on any atom is -0.391 e. The fourth-order valence-corrected chi connectivity index (χ4v) is 2.44. The predicted octanol–water partition coefficient (Wildman–Crippen LogP) is 2.46. The van der Waals surface area contributed by atoms with Crippen molar-refractivity contribution in [2.24, 2.45) is 0 Å². The Balaban J connectivity index is 2.00. The number of hydrogen-bond acceptors (Lipinski definition) is 2. The smallest absolute Gasteiger partial charge is 0.173 e. The lowest BCUT2D eigenvalue weighted by Crippen LogP contribution is -2.44. The summed E-state index contributed by atoms with van der Waals surface area (Å²) >= 11 is 5.39. The van der Waals surface area contributed by atoms with Crippen molar-refractivity contribution < 1.29 is 5.11 Å². The average Bonchev–Trinajstić information content (AvgIpc) is 2.34. The van der Waals surface area contributed by atoms with E-state index >= 15 is 0 Å². The van der Waals surface area contributed by atoms with E-state index in [1.807, 2.05) is 11.0 Å². The molecule has 0 saturated carbocycles. The molecule has 0 radical (unpaired) electrons. The van der Waals surface area contributed by atoms with Crippen LogP contribution in [0.15, 0.2) is 18.2 Å². The molecule has 0 amide bonds. The van der Waals surface area contributed by atoms with Gasteiger partial charge in [0.25, 0.3) is 0 Å². The van der Waals surface area contributed by atoms with Gasteiger partial charge in [0.1, 0.15) is 0 Å². The molecule has 1 unspecified atom stereocenters. The molecule has 18 heavy (non-hydrogen) atoms. The summed E-state index contributed by atoms with van der Waals surface area (Å²) in [5.74, 6) is 0. The van der Waals surface area contributed by atoms with E-state index in [0.29, 0.717) is 11.7 Å². The van der Waals surface area contributed by atoms with Crippen LogP contribution in [0, 0.1) is 13.8 Å². The second-order valence-electron chi connectivity index (χ2n) is 4.97. The SMILES string of the molecule is Cc1ccc(NC(=S)N2CCCC(O)C2)cc1C. The molecule has 1 saturated heterocycles. The summed E-state index contributed by atoms with van der Waals surface area (Å²) in [6, 6.07) is 6.22. The summed E-state index contributed by atoms with van der Waals surface area (Å²) in [7, 11) is 0. The first-order valence-corrected chi connectivity index (χ1v) is 6.78. The van der Waals surface area contributed by atoms with E-state index in [2.05, 4.69) is 31.3 Å². The highest BCUT2D eigenvalue weighted by Gasteiger charge is 2.19. The highest BCUT2D eigenvalue weighted by molar-refractivity contribution is 7.80. The monoisotopic (exact) mass is 264 g/mol. The summed E-state index contributed by atoms with van der Waals surface area (Å²) in [5, 5.41) is 13.6. The van der Waals surface area contributed by atoms with Gasteiger partial charge in [-0.2, -0.15) is 0 Å². The predicted molar refractivity (Wildman–Crippen MR) is 79.0 cm³/mol. The van der Waals surface area contributed by atoms with Gasteiger partial charge in [-0.25, -0.2) is 0 Å². The number of aryl methyl sites for hydroxylation is 2. The molecular formula is C14H20N2OS. The number of aliphatic hydroxyl groups excluding tert-OH is 1. The van der Waals surface area contributed by atoms with Crippen molar-refractivity contribution in [3.63, 3.8) is 0 Å². The molecule has 0 bridgehead atoms. The third-order valence-electron chi connectivity index (χ3n) is 3.44. The number of rotatable bonds is 1. The van der Waals surface area contributed by atoms with Gasteiger partial charge in [-0.15, -0.1) is 0 Å². The topological polar surface area (TPSA) is 35.5 Å². The summed E-state index contributed by atoms with van der Waals surface area (Å²) in [6.45, 7) is 5.75. The molecule has 0 aromatic heterocycles. The molecule has 1 heterocycles. The Bertz CT molecular complexity index is 447. The fourth-order valence-electron chi connectivity index (χ4n) is 2.16. The molecule has 1 fully saturated rings. The number of aliphatic hydroxyl groups is 1. The van der Waals surface area contributed by atoms with Gasteiger partial charge >= 0.3 is 0 Å². The quantitative estimate of drug-likeness (QED) is 0.764. The average molecular weight is 264 g/mol. The molecule has 1 atom stereocenters. The fraction of sp³-hybridized carbons (Fsp3) is 0.500. The maximum absolute atomic E-state index is 9.65. The number of β-amino-alcohol motifs (C(OH)–C–C–N with tert-alkyl or cyclic N) is 1. The third-order valence-corrected chi connectivity index (χ3v) is 3.80. The molecule has 1 aliphatic rings. The van der Waals surface area contributed by atoms with E-state index in [1.54, 1.807) is 0 Å². The zero-order chi connectivity index (χ0) is 13.1. The first-order chi connectivity index (χ1) is 8.56. The lowest BCUT2D eigenvalue weighted by Gasteiger charge is -2.32. The zero-order valence-electron chi connectivity index (χ0n) is 10.9. The lowest BCUT2D eigenvalue weighted by molar-refractivity contribution is 0.104.